The number of likely N-dealkylation sites (N-methyl/N-ethyl adjacent to an activating group) is 1. The Hall–Kier alpha value is -1.88. The quantitative estimate of drug-likeness (QED) is 0.205. The number of hydrogen-bond acceptors (Lipinski definition) is 4. The molecule has 0 aromatic rings. The van der Waals surface area contributed by atoms with Gasteiger partial charge in [0.15, 0.2) is 6.10 Å². The van der Waals surface area contributed by atoms with Crippen LogP contribution in [0.5, 0.6) is 0 Å². The highest BCUT2D eigenvalue weighted by Crippen LogP contribution is 2.10. The van der Waals surface area contributed by atoms with Crippen molar-refractivity contribution >= 4 is 11.9 Å². The number of esters is 1. The second-order valence-corrected chi connectivity index (χ2v) is 7.45. The Kier molecular flexibility index (Phi) is 13.3. The van der Waals surface area contributed by atoms with E-state index in [1.807, 2.05) is 58.4 Å². The first-order valence-corrected chi connectivity index (χ1v) is 9.39. The minimum atomic E-state index is -1.19. The van der Waals surface area contributed by atoms with Gasteiger partial charge < -0.3 is 19.1 Å². The molecule has 0 N–H and O–H groups in total. The summed E-state index contributed by atoms with van der Waals surface area (Å²) in [6.07, 6.45) is 16.5. The van der Waals surface area contributed by atoms with Crippen molar-refractivity contribution in [2.45, 2.75) is 58.0 Å². The maximum Gasteiger partial charge on any atom is 0.306 e. The third kappa shape index (κ3) is 17.0. The second kappa shape index (κ2) is 14.3. The van der Waals surface area contributed by atoms with Gasteiger partial charge in [0.05, 0.1) is 21.1 Å². The molecule has 0 aromatic heterocycles. The van der Waals surface area contributed by atoms with E-state index in [9.17, 15) is 14.7 Å². The molecule has 0 saturated heterocycles. The largest absolute Gasteiger partial charge is 0.550 e. The molecule has 1 atom stereocenters. The zero-order valence-electron chi connectivity index (χ0n) is 16.8. The van der Waals surface area contributed by atoms with Crippen LogP contribution >= 0.6 is 0 Å². The molecule has 148 valence electrons. The SMILES string of the molecule is C/C=C/C=C/C=C/CCCCCCC(=O)OC(CC(=O)[O-])C[N+](C)(C)C. The number of aliphatic carboxylic acids is 1. The molecule has 0 heterocycles. The summed E-state index contributed by atoms with van der Waals surface area (Å²) in [5.41, 5.74) is 0. The van der Waals surface area contributed by atoms with Crippen molar-refractivity contribution in [1.82, 2.24) is 0 Å². The van der Waals surface area contributed by atoms with Gasteiger partial charge in [-0.05, 0) is 26.2 Å². The Bertz CT molecular complexity index is 487. The highest BCUT2D eigenvalue weighted by atomic mass is 16.5. The molecule has 1 unspecified atom stereocenters. The number of ether oxygens (including phenoxy) is 1. The normalized spacial score (nSPS) is 13.7. The lowest BCUT2D eigenvalue weighted by molar-refractivity contribution is -0.873. The van der Waals surface area contributed by atoms with E-state index in [0.717, 1.165) is 32.1 Å². The predicted molar refractivity (Wildman–Crippen MR) is 103 cm³/mol. The lowest BCUT2D eigenvalue weighted by Crippen LogP contribution is -2.45. The van der Waals surface area contributed by atoms with Crippen LogP contribution in [-0.2, 0) is 14.3 Å². The first-order chi connectivity index (χ1) is 12.2. The number of rotatable bonds is 14. The van der Waals surface area contributed by atoms with Gasteiger partial charge >= 0.3 is 5.97 Å². The maximum atomic E-state index is 11.9. The first-order valence-electron chi connectivity index (χ1n) is 9.39. The number of carboxylic acids is 1. The van der Waals surface area contributed by atoms with E-state index < -0.39 is 12.1 Å². The molecule has 0 rings (SSSR count). The van der Waals surface area contributed by atoms with Crippen molar-refractivity contribution in [2.24, 2.45) is 0 Å². The summed E-state index contributed by atoms with van der Waals surface area (Å²) in [7, 11) is 5.79. The number of quaternary nitrogens is 1. The van der Waals surface area contributed by atoms with Crippen LogP contribution in [0.1, 0.15) is 51.9 Å². The summed E-state index contributed by atoms with van der Waals surface area (Å²) in [6.45, 7) is 2.44. The highest BCUT2D eigenvalue weighted by molar-refractivity contribution is 5.70. The van der Waals surface area contributed by atoms with E-state index in [4.69, 9.17) is 4.74 Å². The van der Waals surface area contributed by atoms with E-state index in [0.29, 0.717) is 17.4 Å². The molecule has 0 aliphatic carbocycles. The zero-order chi connectivity index (χ0) is 19.8. The zero-order valence-corrected chi connectivity index (χ0v) is 16.8. The molecule has 0 aromatic carbocycles. The van der Waals surface area contributed by atoms with Gasteiger partial charge in [0, 0.05) is 18.8 Å². The molecule has 26 heavy (non-hydrogen) atoms. The summed E-state index contributed by atoms with van der Waals surface area (Å²) in [4.78, 5) is 22.7. The fraction of sp³-hybridized carbons (Fsp3) is 0.619. The molecule has 0 aliphatic rings. The molecular formula is C21H35NO4. The summed E-state index contributed by atoms with van der Waals surface area (Å²) in [6, 6.07) is 0. The number of carbonyl (C=O) groups excluding carboxylic acids is 2. The summed E-state index contributed by atoms with van der Waals surface area (Å²) >= 11 is 0. The lowest BCUT2D eigenvalue weighted by atomic mass is 10.1. The monoisotopic (exact) mass is 365 g/mol. The predicted octanol–water partition coefficient (Wildman–Crippen LogP) is 2.77. The van der Waals surface area contributed by atoms with Crippen molar-refractivity contribution in [3.63, 3.8) is 0 Å². The van der Waals surface area contributed by atoms with Gasteiger partial charge in [0.2, 0.25) is 0 Å². The van der Waals surface area contributed by atoms with E-state index in [2.05, 4.69) is 6.08 Å². The van der Waals surface area contributed by atoms with Crippen molar-refractivity contribution in [3.05, 3.63) is 36.5 Å². The molecule has 0 saturated carbocycles. The minimum absolute atomic E-state index is 0.254. The van der Waals surface area contributed by atoms with Gasteiger partial charge in [-0.15, -0.1) is 0 Å². The van der Waals surface area contributed by atoms with Gasteiger partial charge in [0.25, 0.3) is 0 Å². The standard InChI is InChI=1S/C21H35NO4/c1-5-6-7-8-9-10-11-12-13-14-15-16-21(25)26-19(17-20(23)24)18-22(2,3)4/h5-10,19H,11-18H2,1-4H3/b6-5+,8-7+,10-9+. The molecule has 0 spiro atoms. The third-order valence-electron chi connectivity index (χ3n) is 3.61. The fourth-order valence-corrected chi connectivity index (χ4v) is 2.48. The average molecular weight is 366 g/mol. The Morgan fingerprint density at radius 2 is 1.65 bits per heavy atom. The van der Waals surface area contributed by atoms with Crippen molar-refractivity contribution in [1.29, 1.82) is 0 Å². The highest BCUT2D eigenvalue weighted by Gasteiger charge is 2.22. The third-order valence-corrected chi connectivity index (χ3v) is 3.61. The number of allylic oxidation sites excluding steroid dienone is 6. The van der Waals surface area contributed by atoms with Crippen molar-refractivity contribution in [3.8, 4) is 0 Å². The topological polar surface area (TPSA) is 66.4 Å². The van der Waals surface area contributed by atoms with E-state index in [1.165, 1.54) is 0 Å². The van der Waals surface area contributed by atoms with Crippen LogP contribution in [0.25, 0.3) is 0 Å². The van der Waals surface area contributed by atoms with Crippen LogP contribution < -0.4 is 5.11 Å². The molecule has 0 amide bonds. The lowest BCUT2D eigenvalue weighted by Gasteiger charge is -2.29. The Balaban J connectivity index is 3.90. The fourth-order valence-electron chi connectivity index (χ4n) is 2.48. The number of unbranched alkanes of at least 4 members (excludes halogenated alkanes) is 4. The van der Waals surface area contributed by atoms with Crippen LogP contribution in [0.3, 0.4) is 0 Å². The first kappa shape index (κ1) is 24.1. The molecule has 0 fully saturated rings. The summed E-state index contributed by atoms with van der Waals surface area (Å²) < 4.78 is 5.86. The van der Waals surface area contributed by atoms with Crippen molar-refractivity contribution in [2.75, 3.05) is 27.7 Å². The number of carboxylic acid groups (broad SMARTS) is 1. The molecule has 5 nitrogen and oxygen atoms in total. The van der Waals surface area contributed by atoms with Crippen LogP contribution in [0.2, 0.25) is 0 Å². The Morgan fingerprint density at radius 3 is 2.27 bits per heavy atom. The van der Waals surface area contributed by atoms with Crippen LogP contribution in [0.15, 0.2) is 36.5 Å². The van der Waals surface area contributed by atoms with Gasteiger partial charge in [-0.25, -0.2) is 0 Å². The average Bonchev–Trinajstić information content (AvgIpc) is 2.50. The van der Waals surface area contributed by atoms with Gasteiger partial charge in [-0.3, -0.25) is 4.79 Å². The van der Waals surface area contributed by atoms with Crippen molar-refractivity contribution < 1.29 is 23.9 Å². The molecule has 0 aliphatic heterocycles. The molecular weight excluding hydrogens is 330 g/mol. The minimum Gasteiger partial charge on any atom is -0.550 e. The molecule has 0 bridgehead atoms. The van der Waals surface area contributed by atoms with Crippen LogP contribution in [0.4, 0.5) is 0 Å². The number of carbonyl (C=O) groups is 2. The number of hydrogen-bond donors (Lipinski definition) is 0. The molecule has 5 heteroatoms. The van der Waals surface area contributed by atoms with Gasteiger partial charge in [-0.1, -0.05) is 49.3 Å². The summed E-state index contributed by atoms with van der Waals surface area (Å²) in [5, 5.41) is 10.8. The maximum absolute atomic E-state index is 11.9. The van der Waals surface area contributed by atoms with Gasteiger partial charge in [0.1, 0.15) is 6.54 Å². The molecule has 0 radical (unpaired) electrons. The summed E-state index contributed by atoms with van der Waals surface area (Å²) in [5.74, 6) is -1.51. The van der Waals surface area contributed by atoms with E-state index in [-0.39, 0.29) is 12.4 Å². The number of nitrogens with zero attached hydrogens (tertiary/aromatic N) is 1. The van der Waals surface area contributed by atoms with Crippen LogP contribution in [-0.4, -0.2) is 50.2 Å². The Morgan fingerprint density at radius 1 is 1.00 bits per heavy atom. The smallest absolute Gasteiger partial charge is 0.306 e. The van der Waals surface area contributed by atoms with E-state index >= 15 is 0 Å². The van der Waals surface area contributed by atoms with Crippen LogP contribution in [0, 0.1) is 0 Å². The van der Waals surface area contributed by atoms with E-state index in [1.54, 1.807) is 0 Å². The second-order valence-electron chi connectivity index (χ2n) is 7.45. The Labute approximate surface area is 158 Å². The van der Waals surface area contributed by atoms with Gasteiger partial charge in [-0.2, -0.15) is 0 Å².